The van der Waals surface area contributed by atoms with Crippen molar-refractivity contribution in [2.75, 3.05) is 0 Å². The Morgan fingerprint density at radius 2 is 1.56 bits per heavy atom. The molecule has 4 aromatic carbocycles. The van der Waals surface area contributed by atoms with E-state index in [1.54, 1.807) is 54.6 Å². The van der Waals surface area contributed by atoms with Gasteiger partial charge in [0.2, 0.25) is 0 Å². The molecule has 0 aliphatic rings. The molecular formula is C24H17ClN2O4S. The molecule has 0 atom stereocenters. The number of nitrogens with one attached hydrogen (secondary N) is 1. The molecule has 0 heterocycles. The van der Waals surface area contributed by atoms with Crippen LogP contribution < -0.4 is 9.57 Å². The molecule has 6 nitrogen and oxygen atoms in total. The van der Waals surface area contributed by atoms with E-state index in [0.29, 0.717) is 5.56 Å². The van der Waals surface area contributed by atoms with Crippen LogP contribution in [0.15, 0.2) is 101 Å². The number of nitrogens with zero attached hydrogens (tertiary/aromatic N) is 1. The number of fused-ring (bicyclic) bond motifs is 1. The van der Waals surface area contributed by atoms with Crippen molar-refractivity contribution in [3.05, 3.63) is 107 Å². The first-order valence-electron chi connectivity index (χ1n) is 9.54. The number of benzene rings is 4. The maximum atomic E-state index is 12.7. The highest BCUT2D eigenvalue weighted by Gasteiger charge is 2.16. The summed E-state index contributed by atoms with van der Waals surface area (Å²) in [5.41, 5.74) is 0.661. The van der Waals surface area contributed by atoms with Gasteiger partial charge in [0, 0.05) is 5.56 Å². The Balaban J connectivity index is 1.69. The normalized spacial score (nSPS) is 11.5. The van der Waals surface area contributed by atoms with Gasteiger partial charge in [-0.05, 0) is 41.1 Å². The van der Waals surface area contributed by atoms with Crippen LogP contribution in [0.3, 0.4) is 0 Å². The number of carbonyl (C=O) groups is 1. The van der Waals surface area contributed by atoms with E-state index in [4.69, 9.17) is 16.3 Å². The summed E-state index contributed by atoms with van der Waals surface area (Å²) < 4.78 is 30.5. The molecule has 0 unspecified atom stereocenters. The third-order valence-corrected chi connectivity index (χ3v) is 6.22. The zero-order valence-corrected chi connectivity index (χ0v) is 18.2. The SMILES string of the molecule is O=C(Oc1ccc2ccccc2c1/C=N/NS(=O)(=O)c1ccccc1)c1ccccc1Cl. The molecule has 32 heavy (non-hydrogen) atoms. The van der Waals surface area contributed by atoms with Crippen LogP contribution in [0.5, 0.6) is 5.75 Å². The summed E-state index contributed by atoms with van der Waals surface area (Å²) in [7, 11) is -3.84. The fourth-order valence-electron chi connectivity index (χ4n) is 3.09. The number of hydrogen-bond donors (Lipinski definition) is 1. The average Bonchev–Trinajstić information content (AvgIpc) is 2.81. The van der Waals surface area contributed by atoms with Crippen molar-refractivity contribution in [2.24, 2.45) is 5.10 Å². The Bertz CT molecular complexity index is 1420. The summed E-state index contributed by atoms with van der Waals surface area (Å²) in [6, 6.07) is 25.3. The van der Waals surface area contributed by atoms with Gasteiger partial charge in [-0.25, -0.2) is 9.63 Å². The molecule has 1 N–H and O–H groups in total. The first-order chi connectivity index (χ1) is 15.5. The fourth-order valence-corrected chi connectivity index (χ4v) is 4.12. The molecule has 160 valence electrons. The highest BCUT2D eigenvalue weighted by atomic mass is 35.5. The first-order valence-corrected chi connectivity index (χ1v) is 11.4. The van der Waals surface area contributed by atoms with Crippen LogP contribution in [-0.2, 0) is 10.0 Å². The molecule has 0 bridgehead atoms. The van der Waals surface area contributed by atoms with Gasteiger partial charge in [-0.1, -0.05) is 72.3 Å². The highest BCUT2D eigenvalue weighted by Crippen LogP contribution is 2.28. The van der Waals surface area contributed by atoms with E-state index < -0.39 is 16.0 Å². The van der Waals surface area contributed by atoms with Gasteiger partial charge >= 0.3 is 5.97 Å². The Hall–Kier alpha value is -3.68. The Labute approximate surface area is 190 Å². The topological polar surface area (TPSA) is 84.8 Å². The summed E-state index contributed by atoms with van der Waals surface area (Å²) in [4.78, 5) is 15.0. The molecule has 0 aliphatic heterocycles. The lowest BCUT2D eigenvalue weighted by molar-refractivity contribution is 0.0735. The zero-order valence-electron chi connectivity index (χ0n) is 16.6. The Kier molecular flexibility index (Phi) is 6.20. The lowest BCUT2D eigenvalue weighted by Crippen LogP contribution is -2.18. The number of rotatable bonds is 6. The number of sulfonamides is 1. The van der Waals surface area contributed by atoms with E-state index >= 15 is 0 Å². The molecule has 0 saturated carbocycles. The van der Waals surface area contributed by atoms with Gasteiger partial charge in [0.1, 0.15) is 5.75 Å². The standard InChI is InChI=1S/C24H17ClN2O4S/c25-22-13-7-6-12-20(22)24(28)31-23-15-14-17-8-4-5-11-19(17)21(23)16-26-27-32(29,30)18-9-2-1-3-10-18/h1-16,27H/b26-16+. The second-order valence-corrected chi connectivity index (χ2v) is 8.80. The number of carbonyl (C=O) groups excluding carboxylic acids is 1. The second kappa shape index (κ2) is 9.21. The van der Waals surface area contributed by atoms with E-state index in [9.17, 15) is 13.2 Å². The Morgan fingerprint density at radius 1 is 0.875 bits per heavy atom. The van der Waals surface area contributed by atoms with E-state index in [1.807, 2.05) is 24.3 Å². The highest BCUT2D eigenvalue weighted by molar-refractivity contribution is 7.89. The summed E-state index contributed by atoms with van der Waals surface area (Å²) in [5.74, 6) is -0.415. The molecule has 0 saturated heterocycles. The van der Waals surface area contributed by atoms with Gasteiger partial charge in [0.05, 0.1) is 21.7 Å². The van der Waals surface area contributed by atoms with Gasteiger partial charge in [0.15, 0.2) is 0 Å². The molecule has 0 aliphatic carbocycles. The van der Waals surface area contributed by atoms with Crippen LogP contribution in [0.2, 0.25) is 5.02 Å². The van der Waals surface area contributed by atoms with Gasteiger partial charge in [-0.2, -0.15) is 13.5 Å². The quantitative estimate of drug-likeness (QED) is 0.188. The van der Waals surface area contributed by atoms with Crippen molar-refractivity contribution in [2.45, 2.75) is 4.90 Å². The van der Waals surface area contributed by atoms with Crippen molar-refractivity contribution in [1.82, 2.24) is 4.83 Å². The minimum absolute atomic E-state index is 0.0837. The number of ether oxygens (including phenoxy) is 1. The van der Waals surface area contributed by atoms with Crippen LogP contribution in [0.1, 0.15) is 15.9 Å². The maximum absolute atomic E-state index is 12.7. The third kappa shape index (κ3) is 4.64. The lowest BCUT2D eigenvalue weighted by atomic mass is 10.0. The lowest BCUT2D eigenvalue weighted by Gasteiger charge is -2.11. The van der Waals surface area contributed by atoms with E-state index in [0.717, 1.165) is 10.8 Å². The van der Waals surface area contributed by atoms with Crippen molar-refractivity contribution in [3.63, 3.8) is 0 Å². The Morgan fingerprint density at radius 3 is 2.34 bits per heavy atom. The smallest absolute Gasteiger partial charge is 0.345 e. The fraction of sp³-hybridized carbons (Fsp3) is 0. The predicted octanol–water partition coefficient (Wildman–Crippen LogP) is 5.02. The van der Waals surface area contributed by atoms with E-state index in [2.05, 4.69) is 9.93 Å². The second-order valence-electron chi connectivity index (χ2n) is 6.73. The number of hydrogen-bond acceptors (Lipinski definition) is 5. The van der Waals surface area contributed by atoms with E-state index in [1.165, 1.54) is 18.3 Å². The molecule has 0 radical (unpaired) electrons. The molecule has 0 spiro atoms. The predicted molar refractivity (Wildman–Crippen MR) is 125 cm³/mol. The molecule has 8 heteroatoms. The maximum Gasteiger partial charge on any atom is 0.345 e. The minimum Gasteiger partial charge on any atom is -0.422 e. The molecule has 4 rings (SSSR count). The van der Waals surface area contributed by atoms with Crippen molar-refractivity contribution in [1.29, 1.82) is 0 Å². The third-order valence-electron chi connectivity index (χ3n) is 4.65. The van der Waals surface area contributed by atoms with Crippen LogP contribution >= 0.6 is 11.6 Å². The van der Waals surface area contributed by atoms with Gasteiger partial charge in [-0.3, -0.25) is 0 Å². The molecule has 4 aromatic rings. The van der Waals surface area contributed by atoms with Crippen LogP contribution in [0.4, 0.5) is 0 Å². The number of esters is 1. The summed E-state index contributed by atoms with van der Waals surface area (Å²) in [6.07, 6.45) is 1.32. The first kappa shape index (κ1) is 21.5. The summed E-state index contributed by atoms with van der Waals surface area (Å²) in [5, 5.41) is 5.79. The van der Waals surface area contributed by atoms with Gasteiger partial charge in [0.25, 0.3) is 10.0 Å². The molecule has 0 fully saturated rings. The van der Waals surface area contributed by atoms with Crippen molar-refractivity contribution >= 4 is 44.6 Å². The van der Waals surface area contributed by atoms with Crippen LogP contribution in [0.25, 0.3) is 10.8 Å². The number of halogens is 1. The van der Waals surface area contributed by atoms with Gasteiger partial charge in [-0.15, -0.1) is 0 Å². The summed E-state index contributed by atoms with van der Waals surface area (Å²) >= 11 is 6.11. The number of hydrazone groups is 1. The minimum atomic E-state index is -3.84. The molecule has 0 aromatic heterocycles. The van der Waals surface area contributed by atoms with Crippen molar-refractivity contribution < 1.29 is 17.9 Å². The molecule has 0 amide bonds. The molecular weight excluding hydrogens is 448 g/mol. The average molecular weight is 465 g/mol. The van der Waals surface area contributed by atoms with E-state index in [-0.39, 0.29) is 21.2 Å². The zero-order chi connectivity index (χ0) is 22.6. The van der Waals surface area contributed by atoms with Crippen LogP contribution in [0, 0.1) is 0 Å². The largest absolute Gasteiger partial charge is 0.422 e. The van der Waals surface area contributed by atoms with Crippen molar-refractivity contribution in [3.8, 4) is 5.75 Å². The monoisotopic (exact) mass is 464 g/mol. The van der Waals surface area contributed by atoms with Crippen LogP contribution in [-0.4, -0.2) is 20.6 Å². The van der Waals surface area contributed by atoms with Gasteiger partial charge < -0.3 is 4.74 Å². The summed E-state index contributed by atoms with van der Waals surface area (Å²) in [6.45, 7) is 0.